The molecule has 3 rings (SSSR count). The molecule has 0 spiro atoms. The first kappa shape index (κ1) is 17.7. The third-order valence-electron chi connectivity index (χ3n) is 4.16. The largest absolute Gasteiger partial charge is 0.486 e. The van der Waals surface area contributed by atoms with Gasteiger partial charge in [-0.2, -0.15) is 5.10 Å². The van der Waals surface area contributed by atoms with Gasteiger partial charge in [-0.05, 0) is 38.0 Å². The molecule has 1 N–H and O–H groups in total. The van der Waals surface area contributed by atoms with E-state index in [1.165, 1.54) is 4.68 Å². The van der Waals surface area contributed by atoms with Gasteiger partial charge >= 0.3 is 5.69 Å². The number of fused-ring (bicyclic) bond motifs is 1. The molecule has 0 atom stereocenters. The van der Waals surface area contributed by atoms with Crippen molar-refractivity contribution in [3.8, 4) is 11.5 Å². The van der Waals surface area contributed by atoms with Gasteiger partial charge in [0.05, 0.1) is 4.92 Å². The molecule has 138 valence electrons. The van der Waals surface area contributed by atoms with Crippen molar-refractivity contribution in [2.45, 2.75) is 26.8 Å². The zero-order valence-electron chi connectivity index (χ0n) is 14.7. The van der Waals surface area contributed by atoms with E-state index in [1.54, 1.807) is 13.8 Å². The monoisotopic (exact) mass is 360 g/mol. The minimum absolute atomic E-state index is 0.0471. The van der Waals surface area contributed by atoms with Gasteiger partial charge in [-0.1, -0.05) is 6.07 Å². The van der Waals surface area contributed by atoms with Gasteiger partial charge in [0.25, 0.3) is 0 Å². The molecular weight excluding hydrogens is 340 g/mol. The van der Waals surface area contributed by atoms with Crippen molar-refractivity contribution in [2.24, 2.45) is 0 Å². The molecule has 0 bridgehead atoms. The Hall–Kier alpha value is -3.10. The lowest BCUT2D eigenvalue weighted by Gasteiger charge is -2.18. The van der Waals surface area contributed by atoms with Crippen molar-refractivity contribution in [3.63, 3.8) is 0 Å². The van der Waals surface area contributed by atoms with Crippen molar-refractivity contribution in [1.82, 2.24) is 15.1 Å². The van der Waals surface area contributed by atoms with E-state index >= 15 is 0 Å². The topological polar surface area (TPSA) is 109 Å². The molecule has 0 fully saturated rings. The Bertz CT molecular complexity index is 846. The van der Waals surface area contributed by atoms with E-state index in [0.717, 1.165) is 17.1 Å². The summed E-state index contributed by atoms with van der Waals surface area (Å²) >= 11 is 0. The average Bonchev–Trinajstić information content (AvgIpc) is 2.88. The highest BCUT2D eigenvalue weighted by molar-refractivity contribution is 5.75. The number of ether oxygens (including phenoxy) is 2. The second-order valence-corrected chi connectivity index (χ2v) is 6.01. The quantitative estimate of drug-likeness (QED) is 0.618. The van der Waals surface area contributed by atoms with Gasteiger partial charge in [-0.3, -0.25) is 19.6 Å². The summed E-state index contributed by atoms with van der Waals surface area (Å²) in [7, 11) is 0. The highest BCUT2D eigenvalue weighted by Gasteiger charge is 2.22. The minimum Gasteiger partial charge on any atom is -0.486 e. The summed E-state index contributed by atoms with van der Waals surface area (Å²) in [4.78, 5) is 22.6. The first-order chi connectivity index (χ1) is 12.5. The van der Waals surface area contributed by atoms with E-state index in [4.69, 9.17) is 9.47 Å². The molecule has 0 saturated heterocycles. The van der Waals surface area contributed by atoms with Crippen LogP contribution in [0.15, 0.2) is 18.2 Å². The van der Waals surface area contributed by atoms with Gasteiger partial charge in [0.2, 0.25) is 5.91 Å². The van der Waals surface area contributed by atoms with Crippen molar-refractivity contribution >= 4 is 11.6 Å². The van der Waals surface area contributed by atoms with Gasteiger partial charge in [0, 0.05) is 6.54 Å². The summed E-state index contributed by atoms with van der Waals surface area (Å²) in [6, 6.07) is 5.70. The zero-order valence-corrected chi connectivity index (χ0v) is 14.7. The maximum atomic E-state index is 12.1. The Balaban J connectivity index is 1.53. The number of hydrogen-bond acceptors (Lipinski definition) is 6. The number of rotatable bonds is 6. The fourth-order valence-electron chi connectivity index (χ4n) is 2.89. The van der Waals surface area contributed by atoms with Crippen LogP contribution in [0.25, 0.3) is 0 Å². The molecular formula is C17H20N4O5. The van der Waals surface area contributed by atoms with Crippen LogP contribution in [-0.2, 0) is 17.8 Å². The van der Waals surface area contributed by atoms with Crippen molar-refractivity contribution < 1.29 is 19.2 Å². The van der Waals surface area contributed by atoms with Crippen LogP contribution in [0.2, 0.25) is 0 Å². The van der Waals surface area contributed by atoms with E-state index in [9.17, 15) is 14.9 Å². The third kappa shape index (κ3) is 3.76. The number of carbonyl (C=O) groups is 1. The molecule has 26 heavy (non-hydrogen) atoms. The molecule has 0 aliphatic carbocycles. The lowest BCUT2D eigenvalue weighted by molar-refractivity contribution is -0.386. The summed E-state index contributed by atoms with van der Waals surface area (Å²) < 4.78 is 12.4. The molecule has 9 heteroatoms. The van der Waals surface area contributed by atoms with Gasteiger partial charge in [0.1, 0.15) is 31.1 Å². The fraction of sp³-hybridized carbons (Fsp3) is 0.412. The predicted molar refractivity (Wildman–Crippen MR) is 92.5 cm³/mol. The van der Waals surface area contributed by atoms with Crippen molar-refractivity contribution in [2.75, 3.05) is 19.8 Å². The fourth-order valence-corrected chi connectivity index (χ4v) is 2.89. The Morgan fingerprint density at radius 3 is 2.73 bits per heavy atom. The standard InChI is InChI=1S/C17H20N4O5/c1-11-17(21(23)24)12(2)20(19-11)10-16(22)18-6-5-13-3-4-14-15(9-13)26-8-7-25-14/h3-4,9H,5-8,10H2,1-2H3,(H,18,22). The molecule has 9 nitrogen and oxygen atoms in total. The first-order valence-corrected chi connectivity index (χ1v) is 8.29. The van der Waals surface area contributed by atoms with Crippen LogP contribution in [0, 0.1) is 24.0 Å². The predicted octanol–water partition coefficient (Wildman–Crippen LogP) is 1.54. The summed E-state index contributed by atoms with van der Waals surface area (Å²) in [6.07, 6.45) is 0.639. The molecule has 2 heterocycles. The van der Waals surface area contributed by atoms with E-state index < -0.39 is 4.92 Å². The van der Waals surface area contributed by atoms with Crippen LogP contribution < -0.4 is 14.8 Å². The van der Waals surface area contributed by atoms with Crippen LogP contribution in [0.3, 0.4) is 0 Å². The van der Waals surface area contributed by atoms with E-state index in [1.807, 2.05) is 18.2 Å². The van der Waals surface area contributed by atoms with E-state index in [2.05, 4.69) is 10.4 Å². The minimum atomic E-state index is -0.478. The summed E-state index contributed by atoms with van der Waals surface area (Å²) in [6.45, 7) is 4.61. The molecule has 1 amide bonds. The molecule has 0 saturated carbocycles. The normalized spacial score (nSPS) is 12.7. The van der Waals surface area contributed by atoms with Gasteiger partial charge in [-0.25, -0.2) is 0 Å². The van der Waals surface area contributed by atoms with Crippen LogP contribution in [0.4, 0.5) is 5.69 Å². The van der Waals surface area contributed by atoms with Gasteiger partial charge in [-0.15, -0.1) is 0 Å². The first-order valence-electron chi connectivity index (χ1n) is 8.29. The maximum absolute atomic E-state index is 12.1. The zero-order chi connectivity index (χ0) is 18.7. The number of carbonyl (C=O) groups excluding carboxylic acids is 1. The van der Waals surface area contributed by atoms with Crippen LogP contribution in [-0.4, -0.2) is 40.4 Å². The van der Waals surface area contributed by atoms with Gasteiger partial charge in [0.15, 0.2) is 11.5 Å². The molecule has 0 unspecified atom stereocenters. The Morgan fingerprint density at radius 1 is 1.31 bits per heavy atom. The average molecular weight is 360 g/mol. The lowest BCUT2D eigenvalue weighted by atomic mass is 10.1. The Morgan fingerprint density at radius 2 is 2.04 bits per heavy atom. The van der Waals surface area contributed by atoms with Crippen LogP contribution in [0.5, 0.6) is 11.5 Å². The number of nitrogens with one attached hydrogen (secondary N) is 1. The summed E-state index contributed by atoms with van der Waals surface area (Å²) in [5.41, 5.74) is 1.65. The molecule has 1 aliphatic rings. The highest BCUT2D eigenvalue weighted by atomic mass is 16.6. The van der Waals surface area contributed by atoms with Crippen LogP contribution in [0.1, 0.15) is 17.0 Å². The van der Waals surface area contributed by atoms with E-state index in [0.29, 0.717) is 37.6 Å². The second-order valence-electron chi connectivity index (χ2n) is 6.01. The summed E-state index contributed by atoms with van der Waals surface area (Å²) in [5, 5.41) is 17.9. The Labute approximate surface area is 150 Å². The molecule has 1 aromatic carbocycles. The van der Waals surface area contributed by atoms with Crippen LogP contribution >= 0.6 is 0 Å². The number of benzene rings is 1. The SMILES string of the molecule is Cc1nn(CC(=O)NCCc2ccc3c(c2)OCCO3)c(C)c1[N+](=O)[O-]. The molecule has 0 radical (unpaired) electrons. The second kappa shape index (κ2) is 7.42. The Kier molecular flexibility index (Phi) is 5.06. The molecule has 1 aromatic heterocycles. The highest BCUT2D eigenvalue weighted by Crippen LogP contribution is 2.30. The number of nitrogens with zero attached hydrogens (tertiary/aromatic N) is 3. The molecule has 1 aliphatic heterocycles. The number of aromatic nitrogens is 2. The smallest absolute Gasteiger partial charge is 0.312 e. The summed E-state index contributed by atoms with van der Waals surface area (Å²) in [5.74, 6) is 1.20. The van der Waals surface area contributed by atoms with Crippen molar-refractivity contribution in [3.05, 3.63) is 45.3 Å². The molecule has 2 aromatic rings. The lowest BCUT2D eigenvalue weighted by Crippen LogP contribution is -2.30. The van der Waals surface area contributed by atoms with Crippen molar-refractivity contribution in [1.29, 1.82) is 0 Å². The number of aryl methyl sites for hydroxylation is 1. The van der Waals surface area contributed by atoms with E-state index in [-0.39, 0.29) is 18.1 Å². The third-order valence-corrected chi connectivity index (χ3v) is 4.16. The maximum Gasteiger partial charge on any atom is 0.312 e. The number of amides is 1. The number of nitro groups is 1. The van der Waals surface area contributed by atoms with Gasteiger partial charge < -0.3 is 14.8 Å². The number of hydrogen-bond donors (Lipinski definition) is 1.